The van der Waals surface area contributed by atoms with Gasteiger partial charge in [0.2, 0.25) is 5.91 Å². The molecule has 1 heterocycles. The molecular weight excluding hydrogens is 375 g/mol. The molecule has 8 heteroatoms. The largest absolute Gasteiger partial charge is 0.341 e. The Kier molecular flexibility index (Phi) is 5.90. The van der Waals surface area contributed by atoms with Crippen molar-refractivity contribution >= 4 is 29.3 Å². The van der Waals surface area contributed by atoms with Crippen LogP contribution in [0.15, 0.2) is 60.0 Å². The molecule has 2 aromatic carbocycles. The lowest BCUT2D eigenvalue weighted by atomic mass is 10.2. The van der Waals surface area contributed by atoms with Crippen molar-refractivity contribution in [1.29, 1.82) is 0 Å². The number of nitrogens with zero attached hydrogens (tertiary/aromatic N) is 4. The van der Waals surface area contributed by atoms with Crippen LogP contribution in [-0.2, 0) is 11.3 Å². The van der Waals surface area contributed by atoms with Crippen LogP contribution in [0.4, 0.5) is 4.39 Å². The molecule has 0 unspecified atom stereocenters. The second kappa shape index (κ2) is 8.33. The summed E-state index contributed by atoms with van der Waals surface area (Å²) in [4.78, 5) is 14.0. The van der Waals surface area contributed by atoms with E-state index in [1.165, 1.54) is 23.9 Å². The highest BCUT2D eigenvalue weighted by molar-refractivity contribution is 7.99. The number of amides is 1. The van der Waals surface area contributed by atoms with Gasteiger partial charge >= 0.3 is 0 Å². The normalized spacial score (nSPS) is 10.7. The molecule has 3 rings (SSSR count). The van der Waals surface area contributed by atoms with E-state index in [9.17, 15) is 9.18 Å². The summed E-state index contributed by atoms with van der Waals surface area (Å²) in [7, 11) is 1.72. The second-order valence-electron chi connectivity index (χ2n) is 5.63. The van der Waals surface area contributed by atoms with Gasteiger partial charge in [-0.05, 0) is 35.9 Å². The first-order valence-corrected chi connectivity index (χ1v) is 9.16. The Morgan fingerprint density at radius 1 is 1.27 bits per heavy atom. The molecule has 1 aromatic heterocycles. The first-order valence-electron chi connectivity index (χ1n) is 7.80. The molecule has 0 radical (unpaired) electrons. The Bertz CT molecular complexity index is 900. The van der Waals surface area contributed by atoms with Gasteiger partial charge in [0.05, 0.1) is 11.4 Å². The number of benzene rings is 2. The summed E-state index contributed by atoms with van der Waals surface area (Å²) < 4.78 is 14.7. The van der Waals surface area contributed by atoms with Crippen molar-refractivity contribution < 1.29 is 9.18 Å². The molecule has 0 N–H and O–H groups in total. The molecule has 5 nitrogen and oxygen atoms in total. The van der Waals surface area contributed by atoms with E-state index in [1.807, 2.05) is 12.1 Å². The van der Waals surface area contributed by atoms with Crippen LogP contribution in [0.3, 0.4) is 0 Å². The van der Waals surface area contributed by atoms with Crippen LogP contribution in [0.5, 0.6) is 0 Å². The fraction of sp³-hybridized carbons (Fsp3) is 0.167. The molecule has 1 amide bonds. The quantitative estimate of drug-likeness (QED) is 0.600. The van der Waals surface area contributed by atoms with Gasteiger partial charge in [-0.2, -0.15) is 0 Å². The van der Waals surface area contributed by atoms with E-state index in [0.717, 1.165) is 11.3 Å². The average molecular weight is 391 g/mol. The molecule has 0 fully saturated rings. The Morgan fingerprint density at radius 2 is 2.04 bits per heavy atom. The zero-order chi connectivity index (χ0) is 18.5. The zero-order valence-electron chi connectivity index (χ0n) is 14.0. The topological polar surface area (TPSA) is 51.0 Å². The van der Waals surface area contributed by atoms with Gasteiger partial charge in [0.25, 0.3) is 0 Å². The summed E-state index contributed by atoms with van der Waals surface area (Å²) in [5, 5.41) is 9.20. The van der Waals surface area contributed by atoms with Crippen molar-refractivity contribution in [2.75, 3.05) is 12.8 Å². The third-order valence-corrected chi connectivity index (χ3v) is 4.85. The lowest BCUT2D eigenvalue weighted by Crippen LogP contribution is -2.27. The number of carbonyl (C=O) groups excluding carboxylic acids is 1. The number of halogens is 2. The van der Waals surface area contributed by atoms with Crippen LogP contribution in [0.1, 0.15) is 5.56 Å². The van der Waals surface area contributed by atoms with Crippen molar-refractivity contribution in [3.05, 3.63) is 71.3 Å². The number of rotatable bonds is 6. The van der Waals surface area contributed by atoms with Crippen LogP contribution in [0.2, 0.25) is 5.02 Å². The van der Waals surface area contributed by atoms with E-state index >= 15 is 0 Å². The first-order chi connectivity index (χ1) is 12.5. The minimum absolute atomic E-state index is 0.0556. The average Bonchev–Trinajstić information content (AvgIpc) is 3.10. The number of thioether (sulfide) groups is 1. The maximum absolute atomic E-state index is 13.0. The number of carbonyl (C=O) groups is 1. The van der Waals surface area contributed by atoms with Crippen molar-refractivity contribution in [3.63, 3.8) is 0 Å². The molecule has 0 saturated heterocycles. The minimum atomic E-state index is -0.293. The molecule has 0 spiro atoms. The Balaban J connectivity index is 1.61. The summed E-state index contributed by atoms with van der Waals surface area (Å²) in [5.41, 5.74) is 1.70. The third kappa shape index (κ3) is 4.62. The van der Waals surface area contributed by atoms with Gasteiger partial charge in [-0.15, -0.1) is 10.2 Å². The summed E-state index contributed by atoms with van der Waals surface area (Å²) in [6.07, 6.45) is 1.58. The summed E-state index contributed by atoms with van der Waals surface area (Å²) in [6, 6.07) is 13.4. The Labute approximate surface area is 159 Å². The van der Waals surface area contributed by atoms with Gasteiger partial charge in [-0.1, -0.05) is 41.6 Å². The van der Waals surface area contributed by atoms with Gasteiger partial charge < -0.3 is 4.90 Å². The van der Waals surface area contributed by atoms with Crippen LogP contribution in [0.25, 0.3) is 5.69 Å². The van der Waals surface area contributed by atoms with Gasteiger partial charge in [0, 0.05) is 18.6 Å². The van der Waals surface area contributed by atoms with Crippen LogP contribution < -0.4 is 0 Å². The van der Waals surface area contributed by atoms with E-state index in [0.29, 0.717) is 16.7 Å². The third-order valence-electron chi connectivity index (χ3n) is 3.69. The number of aromatic nitrogens is 3. The van der Waals surface area contributed by atoms with E-state index in [4.69, 9.17) is 11.6 Å². The maximum atomic E-state index is 13.0. The van der Waals surface area contributed by atoms with Crippen LogP contribution in [-0.4, -0.2) is 38.4 Å². The summed E-state index contributed by atoms with van der Waals surface area (Å²) >= 11 is 7.32. The van der Waals surface area contributed by atoms with Crippen LogP contribution in [0, 0.1) is 5.82 Å². The molecule has 0 aliphatic carbocycles. The number of hydrogen-bond donors (Lipinski definition) is 0. The smallest absolute Gasteiger partial charge is 0.233 e. The Hall–Kier alpha value is -2.38. The fourth-order valence-electron chi connectivity index (χ4n) is 2.31. The highest BCUT2D eigenvalue weighted by Gasteiger charge is 2.14. The van der Waals surface area contributed by atoms with Crippen molar-refractivity contribution in [1.82, 2.24) is 19.7 Å². The first kappa shape index (κ1) is 18.4. The highest BCUT2D eigenvalue weighted by atomic mass is 35.5. The van der Waals surface area contributed by atoms with Crippen molar-refractivity contribution in [2.45, 2.75) is 11.7 Å². The van der Waals surface area contributed by atoms with E-state index in [2.05, 4.69) is 10.2 Å². The molecular formula is C18H16ClFN4OS. The SMILES string of the molecule is CN(Cc1ccc(F)cc1)C(=O)CSc1nncn1-c1cccc(Cl)c1. The molecule has 0 aliphatic heterocycles. The van der Waals surface area contributed by atoms with Gasteiger partial charge in [-0.25, -0.2) is 4.39 Å². The van der Waals surface area contributed by atoms with Gasteiger partial charge in [0.15, 0.2) is 5.16 Å². The molecule has 0 bridgehead atoms. The minimum Gasteiger partial charge on any atom is -0.341 e. The zero-order valence-corrected chi connectivity index (χ0v) is 15.5. The van der Waals surface area contributed by atoms with Crippen molar-refractivity contribution in [3.8, 4) is 5.69 Å². The van der Waals surface area contributed by atoms with E-state index in [-0.39, 0.29) is 17.5 Å². The van der Waals surface area contributed by atoms with Gasteiger partial charge in [-0.3, -0.25) is 9.36 Å². The molecule has 0 saturated carbocycles. The summed E-state index contributed by atoms with van der Waals surface area (Å²) in [5.74, 6) is -0.129. The van der Waals surface area contributed by atoms with Crippen molar-refractivity contribution in [2.24, 2.45) is 0 Å². The second-order valence-corrected chi connectivity index (χ2v) is 7.01. The van der Waals surface area contributed by atoms with E-state index in [1.54, 1.807) is 47.1 Å². The predicted molar refractivity (Wildman–Crippen MR) is 100.0 cm³/mol. The summed E-state index contributed by atoms with van der Waals surface area (Å²) in [6.45, 7) is 0.417. The molecule has 0 atom stereocenters. The predicted octanol–water partition coefficient (Wildman–Crippen LogP) is 3.81. The maximum Gasteiger partial charge on any atom is 0.233 e. The monoisotopic (exact) mass is 390 g/mol. The lowest BCUT2D eigenvalue weighted by molar-refractivity contribution is -0.127. The fourth-order valence-corrected chi connectivity index (χ4v) is 3.37. The van der Waals surface area contributed by atoms with Gasteiger partial charge in [0.1, 0.15) is 12.1 Å². The molecule has 0 aliphatic rings. The number of hydrogen-bond acceptors (Lipinski definition) is 4. The molecule has 134 valence electrons. The molecule has 26 heavy (non-hydrogen) atoms. The van der Waals surface area contributed by atoms with Crippen LogP contribution >= 0.6 is 23.4 Å². The van der Waals surface area contributed by atoms with E-state index < -0.39 is 0 Å². The Morgan fingerprint density at radius 3 is 2.77 bits per heavy atom. The molecule has 3 aromatic rings. The standard InChI is InChI=1S/C18H16ClFN4OS/c1-23(10-13-5-7-15(20)8-6-13)17(25)11-26-18-22-21-12-24(18)16-4-2-3-14(19)9-16/h2-9,12H,10-11H2,1H3. The highest BCUT2D eigenvalue weighted by Crippen LogP contribution is 2.22. The lowest BCUT2D eigenvalue weighted by Gasteiger charge is -2.17.